The minimum Gasteiger partial charge on any atom is -0.305 e. The first-order valence-electron chi connectivity index (χ1n) is 6.03. The molecule has 1 atom stereocenters. The Morgan fingerprint density at radius 3 is 2.60 bits per heavy atom. The molecule has 0 aliphatic heterocycles. The van der Waals surface area contributed by atoms with Crippen LogP contribution in [-0.4, -0.2) is 11.5 Å². The van der Waals surface area contributed by atoms with E-state index < -0.39 is 23.5 Å². The Hall–Kier alpha value is -1.40. The van der Waals surface area contributed by atoms with Gasteiger partial charge in [0, 0.05) is 16.2 Å². The number of nitrogens with one attached hydrogen (secondary N) is 1. The topological polar surface area (TPSA) is 24.9 Å². The van der Waals surface area contributed by atoms with Crippen LogP contribution in [-0.2, 0) is 0 Å². The van der Waals surface area contributed by atoms with Gasteiger partial charge in [0.05, 0.1) is 11.7 Å². The van der Waals surface area contributed by atoms with Crippen LogP contribution >= 0.6 is 15.9 Å². The molecule has 1 heterocycles. The molecule has 0 fully saturated rings. The molecule has 20 heavy (non-hydrogen) atoms. The number of pyridine rings is 1. The Morgan fingerprint density at radius 2 is 1.95 bits per heavy atom. The highest BCUT2D eigenvalue weighted by molar-refractivity contribution is 9.10. The van der Waals surface area contributed by atoms with Crippen LogP contribution in [0.2, 0.25) is 0 Å². The Bertz CT molecular complexity index is 619. The fourth-order valence-electron chi connectivity index (χ4n) is 1.93. The molecule has 2 nitrogen and oxygen atoms in total. The fourth-order valence-corrected chi connectivity index (χ4v) is 2.42. The van der Waals surface area contributed by atoms with Crippen LogP contribution in [0.5, 0.6) is 0 Å². The zero-order valence-corrected chi connectivity index (χ0v) is 12.2. The van der Waals surface area contributed by atoms with Crippen molar-refractivity contribution in [1.82, 2.24) is 10.3 Å². The summed E-state index contributed by atoms with van der Waals surface area (Å²) in [5.74, 6) is -3.88. The largest absolute Gasteiger partial charge is 0.305 e. The summed E-state index contributed by atoms with van der Waals surface area (Å²) in [4.78, 5) is 4.17. The number of hydrogen-bond acceptors (Lipinski definition) is 2. The monoisotopic (exact) mass is 344 g/mol. The molecule has 2 aromatic rings. The summed E-state index contributed by atoms with van der Waals surface area (Å²) in [6, 6.07) is 4.95. The van der Waals surface area contributed by atoms with Gasteiger partial charge >= 0.3 is 0 Å². The van der Waals surface area contributed by atoms with Gasteiger partial charge in [0.25, 0.3) is 0 Å². The number of aromatic nitrogens is 1. The van der Waals surface area contributed by atoms with Crippen LogP contribution in [0.1, 0.15) is 24.2 Å². The third kappa shape index (κ3) is 2.86. The molecule has 0 saturated carbocycles. The van der Waals surface area contributed by atoms with Crippen LogP contribution in [0.3, 0.4) is 0 Å². The third-order valence-electron chi connectivity index (χ3n) is 2.84. The van der Waals surface area contributed by atoms with Crippen LogP contribution in [0.25, 0.3) is 0 Å². The zero-order valence-electron chi connectivity index (χ0n) is 10.6. The summed E-state index contributed by atoms with van der Waals surface area (Å²) >= 11 is 3.33. The SMILES string of the molecule is CCNC(c1ccc(F)c(F)c1F)c1ncccc1Br. The molecule has 0 amide bonds. The summed E-state index contributed by atoms with van der Waals surface area (Å²) in [5, 5.41) is 3.02. The summed E-state index contributed by atoms with van der Waals surface area (Å²) in [6.45, 7) is 2.35. The second-order valence-corrected chi connectivity index (χ2v) is 4.98. The average Bonchev–Trinajstić information content (AvgIpc) is 2.44. The van der Waals surface area contributed by atoms with Gasteiger partial charge in [-0.15, -0.1) is 0 Å². The van der Waals surface area contributed by atoms with E-state index in [2.05, 4.69) is 26.2 Å². The Morgan fingerprint density at radius 1 is 1.20 bits per heavy atom. The predicted molar refractivity (Wildman–Crippen MR) is 73.8 cm³/mol. The first-order valence-corrected chi connectivity index (χ1v) is 6.82. The maximum absolute atomic E-state index is 14.0. The van der Waals surface area contributed by atoms with Gasteiger partial charge < -0.3 is 5.32 Å². The van der Waals surface area contributed by atoms with Crippen molar-refractivity contribution in [3.8, 4) is 0 Å². The molecule has 6 heteroatoms. The maximum Gasteiger partial charge on any atom is 0.194 e. The standard InChI is InChI=1S/C14H12BrF3N2/c1-2-19-13(14-9(15)4-3-7-20-14)8-5-6-10(16)12(18)11(8)17/h3-7,13,19H,2H2,1H3. The van der Waals surface area contributed by atoms with Gasteiger partial charge in [0.1, 0.15) is 0 Å². The molecule has 1 aromatic heterocycles. The normalized spacial score (nSPS) is 12.4. The molecule has 1 N–H and O–H groups in total. The highest BCUT2D eigenvalue weighted by Gasteiger charge is 2.24. The fraction of sp³-hybridized carbons (Fsp3) is 0.214. The molecule has 106 valence electrons. The summed E-state index contributed by atoms with van der Waals surface area (Å²) < 4.78 is 41.0. The molecule has 0 saturated heterocycles. The molecular formula is C14H12BrF3N2. The van der Waals surface area contributed by atoms with Crippen molar-refractivity contribution < 1.29 is 13.2 Å². The molecular weight excluding hydrogens is 333 g/mol. The molecule has 0 aliphatic rings. The second kappa shape index (κ2) is 6.37. The van der Waals surface area contributed by atoms with Gasteiger partial charge in [0.2, 0.25) is 0 Å². The molecule has 0 bridgehead atoms. The number of halogens is 4. The van der Waals surface area contributed by atoms with Crippen LogP contribution < -0.4 is 5.32 Å². The lowest BCUT2D eigenvalue weighted by Gasteiger charge is -2.20. The lowest BCUT2D eigenvalue weighted by molar-refractivity contribution is 0.432. The third-order valence-corrected chi connectivity index (χ3v) is 3.52. The maximum atomic E-state index is 14.0. The quantitative estimate of drug-likeness (QED) is 0.849. The lowest BCUT2D eigenvalue weighted by atomic mass is 10.0. The number of benzene rings is 1. The predicted octanol–water partition coefficient (Wildman–Crippen LogP) is 3.96. The van der Waals surface area contributed by atoms with Crippen LogP contribution in [0, 0.1) is 17.5 Å². The summed E-state index contributed by atoms with van der Waals surface area (Å²) in [5.41, 5.74) is 0.532. The van der Waals surface area contributed by atoms with Gasteiger partial charge in [-0.05, 0) is 40.7 Å². The van der Waals surface area contributed by atoms with Crippen molar-refractivity contribution in [2.45, 2.75) is 13.0 Å². The van der Waals surface area contributed by atoms with Crippen molar-refractivity contribution in [2.75, 3.05) is 6.54 Å². The number of hydrogen-bond donors (Lipinski definition) is 1. The highest BCUT2D eigenvalue weighted by Crippen LogP contribution is 2.29. The first kappa shape index (κ1) is 15.0. The van der Waals surface area contributed by atoms with Crippen molar-refractivity contribution in [3.05, 3.63) is 63.6 Å². The molecule has 0 radical (unpaired) electrons. The van der Waals surface area contributed by atoms with Gasteiger partial charge in [-0.2, -0.15) is 0 Å². The van der Waals surface area contributed by atoms with E-state index in [1.165, 1.54) is 6.07 Å². The number of rotatable bonds is 4. The van der Waals surface area contributed by atoms with Gasteiger partial charge in [-0.25, -0.2) is 13.2 Å². The molecule has 1 aromatic carbocycles. The molecule has 0 spiro atoms. The van der Waals surface area contributed by atoms with Crippen molar-refractivity contribution >= 4 is 15.9 Å². The van der Waals surface area contributed by atoms with Gasteiger partial charge in [-0.3, -0.25) is 4.98 Å². The van der Waals surface area contributed by atoms with E-state index in [1.54, 1.807) is 18.3 Å². The average molecular weight is 345 g/mol. The van der Waals surface area contributed by atoms with E-state index in [0.717, 1.165) is 6.07 Å². The summed E-state index contributed by atoms with van der Waals surface area (Å²) in [7, 11) is 0. The van der Waals surface area contributed by atoms with Crippen LogP contribution in [0.15, 0.2) is 34.9 Å². The molecule has 0 aliphatic carbocycles. The molecule has 1 unspecified atom stereocenters. The minimum absolute atomic E-state index is 0.0187. The zero-order chi connectivity index (χ0) is 14.7. The Kier molecular flexibility index (Phi) is 4.77. The Labute approximate surface area is 123 Å². The second-order valence-electron chi connectivity index (χ2n) is 4.13. The minimum atomic E-state index is -1.47. The van der Waals surface area contributed by atoms with Gasteiger partial charge in [0.15, 0.2) is 17.5 Å². The first-order chi connectivity index (χ1) is 9.56. The van der Waals surface area contributed by atoms with Crippen molar-refractivity contribution in [2.24, 2.45) is 0 Å². The van der Waals surface area contributed by atoms with Gasteiger partial charge in [-0.1, -0.05) is 13.0 Å². The molecule has 2 rings (SSSR count). The van der Waals surface area contributed by atoms with Crippen molar-refractivity contribution in [1.29, 1.82) is 0 Å². The number of nitrogens with zero attached hydrogens (tertiary/aromatic N) is 1. The smallest absolute Gasteiger partial charge is 0.194 e. The highest BCUT2D eigenvalue weighted by atomic mass is 79.9. The Balaban J connectivity index is 2.55. The summed E-state index contributed by atoms with van der Waals surface area (Å²) in [6.07, 6.45) is 1.56. The van der Waals surface area contributed by atoms with E-state index in [1.807, 2.05) is 6.92 Å². The van der Waals surface area contributed by atoms with Crippen LogP contribution in [0.4, 0.5) is 13.2 Å². The van der Waals surface area contributed by atoms with Crippen molar-refractivity contribution in [3.63, 3.8) is 0 Å². The van der Waals surface area contributed by atoms with E-state index in [0.29, 0.717) is 16.7 Å². The van der Waals surface area contributed by atoms with E-state index in [9.17, 15) is 13.2 Å². The lowest BCUT2D eigenvalue weighted by Crippen LogP contribution is -2.25. The van der Waals surface area contributed by atoms with E-state index in [-0.39, 0.29) is 5.56 Å². The van der Waals surface area contributed by atoms with E-state index in [4.69, 9.17) is 0 Å². The van der Waals surface area contributed by atoms with E-state index >= 15 is 0 Å².